The van der Waals surface area contributed by atoms with Crippen LogP contribution in [0.5, 0.6) is 11.5 Å². The van der Waals surface area contributed by atoms with Gasteiger partial charge in [-0.3, -0.25) is 9.69 Å². The lowest BCUT2D eigenvalue weighted by molar-refractivity contribution is -0.116. The number of benzene rings is 2. The van der Waals surface area contributed by atoms with Crippen molar-refractivity contribution >= 4 is 23.3 Å². The average Bonchev–Trinajstić information content (AvgIpc) is 3.24. The molecule has 1 N–H and O–H groups in total. The number of fused-ring (bicyclic) bond motifs is 1. The van der Waals surface area contributed by atoms with Crippen LogP contribution in [0.4, 0.5) is 20.6 Å². The number of hydrogen-bond donors (Lipinski definition) is 1. The molecule has 4 rings (SSSR count). The van der Waals surface area contributed by atoms with E-state index in [1.165, 1.54) is 11.0 Å². The first-order valence-corrected chi connectivity index (χ1v) is 8.53. The van der Waals surface area contributed by atoms with Gasteiger partial charge >= 0.3 is 6.03 Å². The molecule has 0 aromatic heterocycles. The van der Waals surface area contributed by atoms with Gasteiger partial charge in [0.05, 0.1) is 0 Å². The molecule has 0 bridgehead atoms. The molecule has 2 aliphatic heterocycles. The standard InChI is InChI=1S/C19H18FN3O4/c1-12-2-3-13(8-15(12)20)21-18(24)10-22-6-7-23(19(22)25)14-4-5-16-17(9-14)27-11-26-16/h2-5,8-9H,6-7,10-11H2,1H3,(H,21,24). The maximum atomic E-state index is 13.6. The number of urea groups is 1. The number of rotatable bonds is 4. The Labute approximate surface area is 155 Å². The van der Waals surface area contributed by atoms with Crippen LogP contribution in [-0.2, 0) is 4.79 Å². The van der Waals surface area contributed by atoms with Gasteiger partial charge in [-0.05, 0) is 36.8 Å². The Balaban J connectivity index is 1.40. The van der Waals surface area contributed by atoms with Crippen LogP contribution in [0, 0.1) is 12.7 Å². The van der Waals surface area contributed by atoms with Crippen molar-refractivity contribution in [3.8, 4) is 11.5 Å². The number of ether oxygens (including phenoxy) is 2. The van der Waals surface area contributed by atoms with Gasteiger partial charge in [0.1, 0.15) is 12.4 Å². The van der Waals surface area contributed by atoms with Gasteiger partial charge in [-0.15, -0.1) is 0 Å². The molecule has 27 heavy (non-hydrogen) atoms. The molecule has 0 saturated carbocycles. The lowest BCUT2D eigenvalue weighted by Gasteiger charge is -2.18. The van der Waals surface area contributed by atoms with E-state index >= 15 is 0 Å². The van der Waals surface area contributed by atoms with Gasteiger partial charge in [0.25, 0.3) is 0 Å². The summed E-state index contributed by atoms with van der Waals surface area (Å²) >= 11 is 0. The molecule has 8 heteroatoms. The minimum Gasteiger partial charge on any atom is -0.454 e. The topological polar surface area (TPSA) is 71.1 Å². The fraction of sp³-hybridized carbons (Fsp3) is 0.263. The maximum Gasteiger partial charge on any atom is 0.325 e. The van der Waals surface area contributed by atoms with Crippen LogP contribution in [0.3, 0.4) is 0 Å². The Kier molecular flexibility index (Phi) is 4.31. The number of halogens is 1. The summed E-state index contributed by atoms with van der Waals surface area (Å²) in [6, 6.07) is 9.50. The third-order valence-corrected chi connectivity index (χ3v) is 4.55. The molecule has 0 spiro atoms. The Morgan fingerprint density at radius 1 is 1.15 bits per heavy atom. The molecule has 7 nitrogen and oxygen atoms in total. The fourth-order valence-electron chi connectivity index (χ4n) is 3.07. The van der Waals surface area contributed by atoms with Crippen molar-refractivity contribution in [3.63, 3.8) is 0 Å². The molecule has 0 atom stereocenters. The van der Waals surface area contributed by atoms with Crippen molar-refractivity contribution in [3.05, 3.63) is 47.8 Å². The summed E-state index contributed by atoms with van der Waals surface area (Å²) in [5.41, 5.74) is 1.55. The summed E-state index contributed by atoms with van der Waals surface area (Å²) in [7, 11) is 0. The molecule has 2 aromatic rings. The van der Waals surface area contributed by atoms with E-state index < -0.39 is 0 Å². The second-order valence-electron chi connectivity index (χ2n) is 6.41. The van der Waals surface area contributed by atoms with Gasteiger partial charge < -0.3 is 19.7 Å². The smallest absolute Gasteiger partial charge is 0.325 e. The molecule has 1 saturated heterocycles. The van der Waals surface area contributed by atoms with E-state index in [4.69, 9.17) is 9.47 Å². The molecular formula is C19H18FN3O4. The highest BCUT2D eigenvalue weighted by atomic mass is 19.1. The molecule has 3 amide bonds. The fourth-order valence-corrected chi connectivity index (χ4v) is 3.07. The predicted molar refractivity (Wildman–Crippen MR) is 96.6 cm³/mol. The van der Waals surface area contributed by atoms with E-state index in [9.17, 15) is 14.0 Å². The molecule has 140 valence electrons. The lowest BCUT2D eigenvalue weighted by Crippen LogP contribution is -2.37. The lowest BCUT2D eigenvalue weighted by atomic mass is 10.2. The number of aryl methyl sites for hydroxylation is 1. The third-order valence-electron chi connectivity index (χ3n) is 4.55. The number of nitrogens with zero attached hydrogens (tertiary/aromatic N) is 2. The zero-order chi connectivity index (χ0) is 19.0. The zero-order valence-electron chi connectivity index (χ0n) is 14.7. The van der Waals surface area contributed by atoms with Gasteiger partial charge in [0.15, 0.2) is 11.5 Å². The van der Waals surface area contributed by atoms with Crippen molar-refractivity contribution in [1.82, 2.24) is 4.90 Å². The van der Waals surface area contributed by atoms with Crippen molar-refractivity contribution in [2.24, 2.45) is 0 Å². The maximum absolute atomic E-state index is 13.6. The molecule has 2 aromatic carbocycles. The zero-order valence-corrected chi connectivity index (χ0v) is 14.7. The first-order chi connectivity index (χ1) is 13.0. The highest BCUT2D eigenvalue weighted by molar-refractivity contribution is 5.99. The SMILES string of the molecule is Cc1ccc(NC(=O)CN2CCN(c3ccc4c(c3)OCO4)C2=O)cc1F. The highest BCUT2D eigenvalue weighted by Crippen LogP contribution is 2.36. The van der Waals surface area contributed by atoms with Crippen molar-refractivity contribution < 1.29 is 23.5 Å². The van der Waals surface area contributed by atoms with E-state index in [1.54, 1.807) is 42.2 Å². The van der Waals surface area contributed by atoms with E-state index in [-0.39, 0.29) is 31.1 Å². The van der Waals surface area contributed by atoms with Crippen LogP contribution >= 0.6 is 0 Å². The van der Waals surface area contributed by atoms with Crippen LogP contribution in [-0.4, -0.2) is 43.3 Å². The van der Waals surface area contributed by atoms with Crippen LogP contribution in [0.2, 0.25) is 0 Å². The van der Waals surface area contributed by atoms with Crippen LogP contribution in [0.15, 0.2) is 36.4 Å². The van der Waals surface area contributed by atoms with Gasteiger partial charge in [-0.1, -0.05) is 6.07 Å². The summed E-state index contributed by atoms with van der Waals surface area (Å²) in [5.74, 6) is 0.475. The molecule has 0 unspecified atom stereocenters. The molecule has 2 heterocycles. The van der Waals surface area contributed by atoms with E-state index in [1.807, 2.05) is 0 Å². The van der Waals surface area contributed by atoms with Crippen LogP contribution < -0.4 is 19.7 Å². The molecule has 1 fully saturated rings. The first-order valence-electron chi connectivity index (χ1n) is 8.53. The quantitative estimate of drug-likeness (QED) is 0.897. The summed E-state index contributed by atoms with van der Waals surface area (Å²) in [4.78, 5) is 27.9. The Morgan fingerprint density at radius 3 is 2.78 bits per heavy atom. The van der Waals surface area contributed by atoms with Crippen molar-refractivity contribution in [1.29, 1.82) is 0 Å². The van der Waals surface area contributed by atoms with Crippen LogP contribution in [0.25, 0.3) is 0 Å². The van der Waals surface area contributed by atoms with Gasteiger partial charge in [0.2, 0.25) is 12.7 Å². The van der Waals surface area contributed by atoms with Gasteiger partial charge in [0, 0.05) is 30.5 Å². The number of carbonyl (C=O) groups is 2. The second kappa shape index (κ2) is 6.79. The summed E-state index contributed by atoms with van der Waals surface area (Å²) < 4.78 is 24.2. The van der Waals surface area contributed by atoms with E-state index in [0.717, 1.165) is 0 Å². The normalized spacial score (nSPS) is 15.4. The predicted octanol–water partition coefficient (Wildman–Crippen LogP) is 2.74. The number of hydrogen-bond acceptors (Lipinski definition) is 4. The summed E-state index contributed by atoms with van der Waals surface area (Å²) in [5, 5.41) is 2.62. The van der Waals surface area contributed by atoms with Crippen LogP contribution in [0.1, 0.15) is 5.56 Å². The second-order valence-corrected chi connectivity index (χ2v) is 6.41. The largest absolute Gasteiger partial charge is 0.454 e. The Hall–Kier alpha value is -3.29. The summed E-state index contributed by atoms with van der Waals surface area (Å²) in [6.45, 7) is 2.59. The van der Waals surface area contributed by atoms with E-state index in [0.29, 0.717) is 41.5 Å². The van der Waals surface area contributed by atoms with Gasteiger partial charge in [-0.2, -0.15) is 0 Å². The highest BCUT2D eigenvalue weighted by Gasteiger charge is 2.31. The van der Waals surface area contributed by atoms with E-state index in [2.05, 4.69) is 5.32 Å². The van der Waals surface area contributed by atoms with Crippen molar-refractivity contribution in [2.45, 2.75) is 6.92 Å². The number of amides is 3. The first kappa shape index (κ1) is 17.1. The third kappa shape index (κ3) is 3.38. The summed E-state index contributed by atoms with van der Waals surface area (Å²) in [6.07, 6.45) is 0. The van der Waals surface area contributed by atoms with Crippen molar-refractivity contribution in [2.75, 3.05) is 36.6 Å². The minimum absolute atomic E-state index is 0.102. The number of anilines is 2. The van der Waals surface area contributed by atoms with Gasteiger partial charge in [-0.25, -0.2) is 9.18 Å². The average molecular weight is 371 g/mol. The molecular weight excluding hydrogens is 353 g/mol. The number of carbonyl (C=O) groups excluding carboxylic acids is 2. The number of nitrogens with one attached hydrogen (secondary N) is 1. The monoisotopic (exact) mass is 371 g/mol. The molecule has 0 aliphatic carbocycles. The molecule has 2 aliphatic rings. The Bertz CT molecular complexity index is 918. The Morgan fingerprint density at radius 2 is 1.96 bits per heavy atom. The minimum atomic E-state index is -0.390. The molecule has 0 radical (unpaired) electrons.